The van der Waals surface area contributed by atoms with Crippen molar-refractivity contribution >= 4 is 17.0 Å². The number of β-amino-alcohol motifs (C(OH)–C–C–N with tert-alkyl or cyclic N) is 1. The summed E-state index contributed by atoms with van der Waals surface area (Å²) in [5, 5.41) is 18.6. The number of oxazole rings is 1. The number of likely N-dealkylation sites (tertiary alicyclic amines) is 1. The van der Waals surface area contributed by atoms with Crippen LogP contribution in [0.5, 0.6) is 0 Å². The minimum atomic E-state index is -0.449. The first-order valence-electron chi connectivity index (χ1n) is 10.2. The Bertz CT molecular complexity index is 1150. The molecule has 0 radical (unpaired) electrons. The summed E-state index contributed by atoms with van der Waals surface area (Å²) in [6.07, 6.45) is 0.504. The summed E-state index contributed by atoms with van der Waals surface area (Å²) >= 11 is 0. The number of likely N-dealkylation sites (N-methyl/N-ethyl adjacent to an activating group) is 1. The number of fused-ring (bicyclic) bond motifs is 2. The zero-order chi connectivity index (χ0) is 20.8. The summed E-state index contributed by atoms with van der Waals surface area (Å²) in [5.74, 6) is 1.13. The molecule has 10 heteroatoms. The highest BCUT2D eigenvalue weighted by Gasteiger charge is 2.35. The average molecular weight is 412 g/mol. The molecule has 3 aromatic rings. The number of amides is 1. The molecule has 10 nitrogen and oxygen atoms in total. The van der Waals surface area contributed by atoms with Gasteiger partial charge in [0.1, 0.15) is 0 Å². The third-order valence-corrected chi connectivity index (χ3v) is 6.08. The van der Waals surface area contributed by atoms with Crippen LogP contribution in [0.4, 0.5) is 0 Å². The maximum absolute atomic E-state index is 12.8. The van der Waals surface area contributed by atoms with Crippen LogP contribution in [0.15, 0.2) is 33.5 Å². The van der Waals surface area contributed by atoms with Gasteiger partial charge in [-0.2, -0.15) is 0 Å². The molecule has 0 saturated carbocycles. The molecule has 0 spiro atoms. The Balaban J connectivity index is 1.27. The molecule has 4 heterocycles. The van der Waals surface area contributed by atoms with Crippen molar-refractivity contribution in [3.63, 3.8) is 0 Å². The second-order valence-electron chi connectivity index (χ2n) is 8.02. The molecule has 1 amide bonds. The van der Waals surface area contributed by atoms with Crippen LogP contribution in [0.3, 0.4) is 0 Å². The standard InChI is InChI=1S/C20H24N6O4/c1-23-11-13(27)10-15(23)19-22-21-17-12-24(8-9-26(17)19)18(28)6-7-25-14-4-2-3-5-16(14)30-20(25)29/h2-5,13,15,27H,6-12H2,1H3/t13-,15+/m1/s1. The lowest BCUT2D eigenvalue weighted by atomic mass is 10.2. The molecule has 1 aromatic carbocycles. The van der Waals surface area contributed by atoms with E-state index in [0.717, 1.165) is 11.6 Å². The second kappa shape index (κ2) is 7.37. The second-order valence-corrected chi connectivity index (χ2v) is 8.02. The van der Waals surface area contributed by atoms with E-state index in [1.54, 1.807) is 11.0 Å². The topological polar surface area (TPSA) is 110 Å². The average Bonchev–Trinajstić information content (AvgIpc) is 3.39. The van der Waals surface area contributed by atoms with E-state index < -0.39 is 5.76 Å². The SMILES string of the molecule is CN1C[C@H](O)C[C@H]1c1nnc2n1CCN(C(=O)CCn1c(=O)oc3ccccc31)C2. The number of hydrogen-bond donors (Lipinski definition) is 1. The lowest BCUT2D eigenvalue weighted by Crippen LogP contribution is -2.39. The van der Waals surface area contributed by atoms with Crippen LogP contribution in [0.1, 0.15) is 30.5 Å². The Hall–Kier alpha value is -2.98. The highest BCUT2D eigenvalue weighted by molar-refractivity contribution is 5.77. The Kier molecular flexibility index (Phi) is 4.67. The number of rotatable bonds is 4. The molecule has 1 saturated heterocycles. The molecule has 158 valence electrons. The van der Waals surface area contributed by atoms with Crippen molar-refractivity contribution in [2.75, 3.05) is 20.1 Å². The number of hydrogen-bond acceptors (Lipinski definition) is 7. The first-order valence-corrected chi connectivity index (χ1v) is 10.2. The van der Waals surface area contributed by atoms with Crippen LogP contribution >= 0.6 is 0 Å². The lowest BCUT2D eigenvalue weighted by Gasteiger charge is -2.29. The number of aliphatic hydroxyl groups is 1. The van der Waals surface area contributed by atoms with Gasteiger partial charge in [0.2, 0.25) is 5.91 Å². The molecule has 1 N–H and O–H groups in total. The Labute approximate surface area is 172 Å². The van der Waals surface area contributed by atoms with Gasteiger partial charge >= 0.3 is 5.76 Å². The van der Waals surface area contributed by atoms with E-state index in [2.05, 4.69) is 19.7 Å². The molecule has 30 heavy (non-hydrogen) atoms. The van der Waals surface area contributed by atoms with Crippen molar-refractivity contribution < 1.29 is 14.3 Å². The number of para-hydroxylation sites is 2. The first-order chi connectivity index (χ1) is 14.5. The number of carbonyl (C=O) groups is 1. The Morgan fingerprint density at radius 3 is 2.90 bits per heavy atom. The monoisotopic (exact) mass is 412 g/mol. The van der Waals surface area contributed by atoms with Crippen LogP contribution in [-0.4, -0.2) is 66.4 Å². The first kappa shape index (κ1) is 19.0. The summed E-state index contributed by atoms with van der Waals surface area (Å²) in [7, 11) is 1.97. The minimum absolute atomic E-state index is 0.0311. The molecular weight excluding hydrogens is 388 g/mol. The highest BCUT2D eigenvalue weighted by Crippen LogP contribution is 2.30. The zero-order valence-electron chi connectivity index (χ0n) is 16.8. The fourth-order valence-electron chi connectivity index (χ4n) is 4.51. The Morgan fingerprint density at radius 1 is 1.27 bits per heavy atom. The summed E-state index contributed by atoms with van der Waals surface area (Å²) in [4.78, 5) is 28.7. The maximum atomic E-state index is 12.8. The molecule has 1 fully saturated rings. The van der Waals surface area contributed by atoms with Crippen molar-refractivity contribution in [1.29, 1.82) is 0 Å². The normalized spacial score (nSPS) is 22.0. The van der Waals surface area contributed by atoms with Gasteiger partial charge in [0.05, 0.1) is 24.2 Å². The van der Waals surface area contributed by atoms with Gasteiger partial charge in [-0.25, -0.2) is 4.79 Å². The Morgan fingerprint density at radius 2 is 2.10 bits per heavy atom. The fourth-order valence-corrected chi connectivity index (χ4v) is 4.51. The maximum Gasteiger partial charge on any atom is 0.419 e. The predicted molar refractivity (Wildman–Crippen MR) is 107 cm³/mol. The number of aromatic nitrogens is 4. The van der Waals surface area contributed by atoms with Crippen LogP contribution in [0.25, 0.3) is 11.1 Å². The number of aliphatic hydroxyl groups excluding tert-OH is 1. The van der Waals surface area contributed by atoms with Gasteiger partial charge in [-0.3, -0.25) is 14.3 Å². The molecule has 2 aliphatic rings. The van der Waals surface area contributed by atoms with Crippen molar-refractivity contribution in [2.24, 2.45) is 0 Å². The number of benzene rings is 1. The number of nitrogens with zero attached hydrogens (tertiary/aromatic N) is 6. The van der Waals surface area contributed by atoms with Gasteiger partial charge in [-0.1, -0.05) is 12.1 Å². The van der Waals surface area contributed by atoms with Gasteiger partial charge in [0.25, 0.3) is 0 Å². The smallest absolute Gasteiger partial charge is 0.408 e. The summed E-state index contributed by atoms with van der Waals surface area (Å²) in [5.41, 5.74) is 1.22. The molecule has 0 aliphatic carbocycles. The van der Waals surface area contributed by atoms with Gasteiger partial charge in [-0.15, -0.1) is 10.2 Å². The third-order valence-electron chi connectivity index (χ3n) is 6.08. The van der Waals surface area contributed by atoms with Crippen LogP contribution < -0.4 is 5.76 Å². The van der Waals surface area contributed by atoms with E-state index in [9.17, 15) is 14.7 Å². The van der Waals surface area contributed by atoms with E-state index in [1.165, 1.54) is 4.57 Å². The van der Waals surface area contributed by atoms with E-state index in [4.69, 9.17) is 4.42 Å². The van der Waals surface area contributed by atoms with E-state index >= 15 is 0 Å². The van der Waals surface area contributed by atoms with E-state index in [1.807, 2.05) is 25.2 Å². The summed E-state index contributed by atoms with van der Waals surface area (Å²) in [6.45, 7) is 2.48. The number of aryl methyl sites for hydroxylation is 1. The van der Waals surface area contributed by atoms with Gasteiger partial charge in [-0.05, 0) is 25.6 Å². The third kappa shape index (κ3) is 3.21. The van der Waals surface area contributed by atoms with Gasteiger partial charge in [0, 0.05) is 32.6 Å². The van der Waals surface area contributed by atoms with Crippen LogP contribution in [0.2, 0.25) is 0 Å². The van der Waals surface area contributed by atoms with E-state index in [-0.39, 0.29) is 31.0 Å². The summed E-state index contributed by atoms with van der Waals surface area (Å²) in [6, 6.07) is 7.25. The molecule has 2 aliphatic heterocycles. The fraction of sp³-hybridized carbons (Fsp3) is 0.500. The summed E-state index contributed by atoms with van der Waals surface area (Å²) < 4.78 is 8.80. The van der Waals surface area contributed by atoms with Crippen molar-refractivity contribution in [3.05, 3.63) is 46.5 Å². The molecule has 0 unspecified atom stereocenters. The zero-order valence-corrected chi connectivity index (χ0v) is 16.8. The van der Waals surface area contributed by atoms with Crippen LogP contribution in [0, 0.1) is 0 Å². The largest absolute Gasteiger partial charge is 0.419 e. The minimum Gasteiger partial charge on any atom is -0.408 e. The van der Waals surface area contributed by atoms with E-state index in [0.29, 0.717) is 43.7 Å². The highest BCUT2D eigenvalue weighted by atomic mass is 16.4. The van der Waals surface area contributed by atoms with Crippen molar-refractivity contribution in [3.8, 4) is 0 Å². The molecule has 2 aromatic heterocycles. The molecule has 0 bridgehead atoms. The van der Waals surface area contributed by atoms with Crippen LogP contribution in [-0.2, 0) is 24.4 Å². The molecule has 2 atom stereocenters. The van der Waals surface area contributed by atoms with Gasteiger partial charge < -0.3 is 19.0 Å². The van der Waals surface area contributed by atoms with Gasteiger partial charge in [0.15, 0.2) is 17.2 Å². The molecular formula is C20H24N6O4. The molecule has 5 rings (SSSR count). The van der Waals surface area contributed by atoms with Crippen molar-refractivity contribution in [2.45, 2.75) is 44.6 Å². The predicted octanol–water partition coefficient (Wildman–Crippen LogP) is 0.356. The lowest BCUT2D eigenvalue weighted by molar-refractivity contribution is -0.133. The van der Waals surface area contributed by atoms with Crippen molar-refractivity contribution in [1.82, 2.24) is 29.1 Å². The number of carbonyl (C=O) groups excluding carboxylic acids is 1. The quantitative estimate of drug-likeness (QED) is 0.659.